The van der Waals surface area contributed by atoms with Gasteiger partial charge in [-0.05, 0) is 40.5 Å². The molecule has 2 heterocycles. The molecule has 0 spiro atoms. The van der Waals surface area contributed by atoms with Gasteiger partial charge >= 0.3 is 0 Å². The molecule has 1 aromatic heterocycles. The van der Waals surface area contributed by atoms with Crippen LogP contribution < -0.4 is 0 Å². The Kier molecular flexibility index (Phi) is 2.53. The minimum absolute atomic E-state index is 1.15. The van der Waals surface area contributed by atoms with Gasteiger partial charge in [0.15, 0.2) is 0 Å². The summed E-state index contributed by atoms with van der Waals surface area (Å²) >= 11 is 5.43. The summed E-state index contributed by atoms with van der Waals surface area (Å²) in [5, 5.41) is 0. The molecule has 0 amide bonds. The van der Waals surface area contributed by atoms with E-state index in [9.17, 15) is 0 Å². The summed E-state index contributed by atoms with van der Waals surface area (Å²) in [6.07, 6.45) is 1.24. The van der Waals surface area contributed by atoms with Gasteiger partial charge < -0.3 is 0 Å². The normalized spacial score (nSPS) is 17.8. The van der Waals surface area contributed by atoms with Crippen LogP contribution in [0, 0.1) is 0 Å². The van der Waals surface area contributed by atoms with Crippen LogP contribution in [0.15, 0.2) is 9.85 Å². The van der Waals surface area contributed by atoms with Crippen molar-refractivity contribution in [2.24, 2.45) is 0 Å². The fourth-order valence-corrected chi connectivity index (χ4v) is 3.37. The predicted octanol–water partition coefficient (Wildman–Crippen LogP) is 2.89. The zero-order valence-corrected chi connectivity index (χ0v) is 9.54. The Bertz CT molecular complexity index is 282. The van der Waals surface area contributed by atoms with Crippen LogP contribution >= 0.6 is 27.3 Å². The van der Waals surface area contributed by atoms with E-state index < -0.39 is 0 Å². The highest BCUT2D eigenvalue weighted by Crippen LogP contribution is 2.31. The summed E-state index contributed by atoms with van der Waals surface area (Å²) in [6, 6.07) is 2.27. The van der Waals surface area contributed by atoms with Crippen molar-refractivity contribution < 1.29 is 0 Å². The number of nitrogens with zero attached hydrogens (tertiary/aromatic N) is 1. The second-order valence-electron chi connectivity index (χ2n) is 3.12. The van der Waals surface area contributed by atoms with Crippen molar-refractivity contribution >= 4 is 27.3 Å². The van der Waals surface area contributed by atoms with Crippen LogP contribution in [0.4, 0.5) is 0 Å². The van der Waals surface area contributed by atoms with Gasteiger partial charge in [0.2, 0.25) is 0 Å². The largest absolute Gasteiger partial charge is 0.299 e. The minimum atomic E-state index is 1.15. The van der Waals surface area contributed by atoms with Crippen LogP contribution in [0.5, 0.6) is 0 Å². The Morgan fingerprint density at radius 2 is 2.50 bits per heavy atom. The Balaban J connectivity index is 2.22. The first kappa shape index (κ1) is 8.73. The lowest BCUT2D eigenvalue weighted by molar-refractivity contribution is 0.270. The number of rotatable bonds is 1. The topological polar surface area (TPSA) is 3.24 Å². The Labute approximate surface area is 85.5 Å². The molecule has 0 N–H and O–H groups in total. The summed E-state index contributed by atoms with van der Waals surface area (Å²) in [5.74, 6) is 0. The lowest BCUT2D eigenvalue weighted by atomic mass is 10.1. The average Bonchev–Trinajstić information content (AvgIpc) is 2.43. The first-order valence-corrected chi connectivity index (χ1v) is 5.90. The summed E-state index contributed by atoms with van der Waals surface area (Å²) in [7, 11) is 0. The van der Waals surface area contributed by atoms with E-state index in [0.29, 0.717) is 0 Å². The van der Waals surface area contributed by atoms with Crippen molar-refractivity contribution in [3.63, 3.8) is 0 Å². The third kappa shape index (κ3) is 1.58. The maximum atomic E-state index is 3.53. The number of halogens is 1. The first-order valence-electron chi connectivity index (χ1n) is 4.29. The molecule has 0 bridgehead atoms. The van der Waals surface area contributed by atoms with E-state index in [1.807, 2.05) is 11.3 Å². The molecule has 0 saturated heterocycles. The summed E-state index contributed by atoms with van der Waals surface area (Å²) in [6.45, 7) is 5.78. The Morgan fingerprint density at radius 3 is 3.25 bits per heavy atom. The molecule has 3 heteroatoms. The van der Waals surface area contributed by atoms with E-state index >= 15 is 0 Å². The minimum Gasteiger partial charge on any atom is -0.299 e. The Morgan fingerprint density at radius 1 is 1.67 bits per heavy atom. The quantitative estimate of drug-likeness (QED) is 0.736. The number of fused-ring (bicyclic) bond motifs is 1. The van der Waals surface area contributed by atoms with Crippen LogP contribution in [-0.4, -0.2) is 18.0 Å². The van der Waals surface area contributed by atoms with Crippen LogP contribution in [0.2, 0.25) is 0 Å². The van der Waals surface area contributed by atoms with Crippen molar-refractivity contribution in [2.75, 3.05) is 13.1 Å². The second kappa shape index (κ2) is 3.48. The van der Waals surface area contributed by atoms with E-state index in [0.717, 1.165) is 6.54 Å². The molecule has 1 aromatic rings. The van der Waals surface area contributed by atoms with Gasteiger partial charge in [-0.2, -0.15) is 0 Å². The summed E-state index contributed by atoms with van der Waals surface area (Å²) < 4.78 is 1.28. The van der Waals surface area contributed by atoms with Gasteiger partial charge in [-0.1, -0.05) is 6.92 Å². The zero-order valence-electron chi connectivity index (χ0n) is 7.14. The maximum absolute atomic E-state index is 3.53. The number of hydrogen-bond donors (Lipinski definition) is 0. The highest BCUT2D eigenvalue weighted by atomic mass is 79.9. The van der Waals surface area contributed by atoms with E-state index in [2.05, 4.69) is 33.8 Å². The molecule has 1 aliphatic rings. The fourth-order valence-electron chi connectivity index (χ4n) is 1.63. The molecule has 0 aromatic carbocycles. The lowest BCUT2D eigenvalue weighted by Gasteiger charge is -2.24. The molecule has 0 fully saturated rings. The van der Waals surface area contributed by atoms with Crippen LogP contribution in [0.1, 0.15) is 17.4 Å². The highest BCUT2D eigenvalue weighted by Gasteiger charge is 2.16. The van der Waals surface area contributed by atoms with E-state index in [-0.39, 0.29) is 0 Å². The molecule has 0 unspecified atom stereocenters. The maximum Gasteiger partial charge on any atom is 0.0704 e. The van der Waals surface area contributed by atoms with Crippen molar-refractivity contribution in [1.82, 2.24) is 4.90 Å². The van der Waals surface area contributed by atoms with Crippen molar-refractivity contribution in [3.8, 4) is 0 Å². The fraction of sp³-hybridized carbons (Fsp3) is 0.556. The van der Waals surface area contributed by atoms with Crippen LogP contribution in [0.25, 0.3) is 0 Å². The molecule has 0 saturated carbocycles. The predicted molar refractivity (Wildman–Crippen MR) is 56.7 cm³/mol. The van der Waals surface area contributed by atoms with Crippen LogP contribution in [-0.2, 0) is 13.0 Å². The average molecular weight is 246 g/mol. The lowest BCUT2D eigenvalue weighted by Crippen LogP contribution is -2.29. The standard InChI is InChI=1S/C9H12BrNS/c1-2-11-4-3-8-7(6-11)5-9(10)12-8/h5H,2-4,6H2,1H3. The van der Waals surface area contributed by atoms with Crippen molar-refractivity contribution in [2.45, 2.75) is 19.9 Å². The third-order valence-corrected chi connectivity index (χ3v) is 4.10. The van der Waals surface area contributed by atoms with Gasteiger partial charge in [-0.3, -0.25) is 4.90 Å². The van der Waals surface area contributed by atoms with E-state index in [4.69, 9.17) is 0 Å². The van der Waals surface area contributed by atoms with Gasteiger partial charge in [-0.15, -0.1) is 11.3 Å². The molecule has 2 rings (SSSR count). The highest BCUT2D eigenvalue weighted by molar-refractivity contribution is 9.11. The number of thiophene rings is 1. The monoisotopic (exact) mass is 245 g/mol. The molecule has 1 aliphatic heterocycles. The molecule has 12 heavy (non-hydrogen) atoms. The number of hydrogen-bond acceptors (Lipinski definition) is 2. The van der Waals surface area contributed by atoms with Crippen molar-refractivity contribution in [1.29, 1.82) is 0 Å². The molecule has 66 valence electrons. The summed E-state index contributed by atoms with van der Waals surface area (Å²) in [4.78, 5) is 4.06. The van der Waals surface area contributed by atoms with E-state index in [1.165, 1.54) is 28.9 Å². The van der Waals surface area contributed by atoms with Gasteiger partial charge in [0, 0.05) is 18.0 Å². The smallest absolute Gasteiger partial charge is 0.0704 e. The number of likely N-dealkylation sites (N-methyl/N-ethyl adjacent to an activating group) is 1. The summed E-state index contributed by atoms with van der Waals surface area (Å²) in [5.41, 5.74) is 1.53. The molecule has 0 radical (unpaired) electrons. The Hall–Kier alpha value is 0.140. The SMILES string of the molecule is CCN1CCc2sc(Br)cc2C1. The molecule has 1 nitrogen and oxygen atoms in total. The van der Waals surface area contributed by atoms with Gasteiger partial charge in [-0.25, -0.2) is 0 Å². The van der Waals surface area contributed by atoms with Gasteiger partial charge in [0.1, 0.15) is 0 Å². The first-order chi connectivity index (χ1) is 5.79. The molecule has 0 atom stereocenters. The van der Waals surface area contributed by atoms with Gasteiger partial charge in [0.25, 0.3) is 0 Å². The zero-order chi connectivity index (χ0) is 8.55. The van der Waals surface area contributed by atoms with Gasteiger partial charge in [0.05, 0.1) is 3.79 Å². The molecular weight excluding hydrogens is 234 g/mol. The molecular formula is C9H12BrNS. The van der Waals surface area contributed by atoms with Crippen molar-refractivity contribution in [3.05, 3.63) is 20.3 Å². The molecule has 0 aliphatic carbocycles. The van der Waals surface area contributed by atoms with E-state index in [1.54, 1.807) is 4.88 Å². The van der Waals surface area contributed by atoms with Crippen LogP contribution in [0.3, 0.4) is 0 Å². The second-order valence-corrected chi connectivity index (χ2v) is 5.63. The third-order valence-electron chi connectivity index (χ3n) is 2.36.